The largest absolute Gasteiger partial charge is 0.393 e. The summed E-state index contributed by atoms with van der Waals surface area (Å²) < 4.78 is 0. The van der Waals surface area contributed by atoms with Crippen LogP contribution in [0.4, 0.5) is 28.7 Å². The van der Waals surface area contributed by atoms with Gasteiger partial charge in [0.05, 0.1) is 0 Å². The second-order valence-electron chi connectivity index (χ2n) is 4.87. The van der Waals surface area contributed by atoms with Crippen LogP contribution in [-0.4, -0.2) is 35.0 Å². The highest BCUT2D eigenvalue weighted by molar-refractivity contribution is 5.89. The number of hydrogen-bond acceptors (Lipinski definition) is 7. The number of nitrogens with zero attached hydrogens (tertiary/aromatic N) is 3. The summed E-state index contributed by atoms with van der Waals surface area (Å²) >= 11 is 0. The Hall–Kier alpha value is -2.87. The number of nitrogens with two attached hydrogens (primary N) is 1. The first kappa shape index (κ1) is 15.5. The Balaban J connectivity index is 2.15. The van der Waals surface area contributed by atoms with Crippen LogP contribution < -0.4 is 21.8 Å². The van der Waals surface area contributed by atoms with Gasteiger partial charge in [0.25, 0.3) is 0 Å². The summed E-state index contributed by atoms with van der Waals surface area (Å²) in [7, 11) is 3.69. The minimum atomic E-state index is -0.111. The van der Waals surface area contributed by atoms with Crippen molar-refractivity contribution in [2.75, 3.05) is 35.9 Å². The molecule has 0 radical (unpaired) electrons. The van der Waals surface area contributed by atoms with Crippen molar-refractivity contribution in [2.24, 2.45) is 0 Å². The van der Waals surface area contributed by atoms with Gasteiger partial charge in [-0.25, -0.2) is 15.0 Å². The molecule has 1 amide bonds. The normalized spacial score (nSPS) is 10.4. The first-order chi connectivity index (χ1) is 10.5. The molecule has 1 aromatic carbocycles. The van der Waals surface area contributed by atoms with Gasteiger partial charge in [-0.2, -0.15) is 0 Å². The number of benzene rings is 1. The number of nitrogen functional groups attached to an aromatic ring is 1. The zero-order chi connectivity index (χ0) is 16.1. The van der Waals surface area contributed by atoms with Gasteiger partial charge in [-0.15, -0.1) is 0 Å². The smallest absolute Gasteiger partial charge is 0.221 e. The van der Waals surface area contributed by atoms with Crippen LogP contribution in [0.3, 0.4) is 0 Å². The van der Waals surface area contributed by atoms with Crippen LogP contribution in [-0.2, 0) is 4.79 Å². The molecule has 0 spiro atoms. The van der Waals surface area contributed by atoms with E-state index in [-0.39, 0.29) is 5.91 Å². The Bertz CT molecular complexity index is 655. The predicted octanol–water partition coefficient (Wildman–Crippen LogP) is 1.65. The quantitative estimate of drug-likeness (QED) is 0.622. The maximum atomic E-state index is 11.0. The molecule has 22 heavy (non-hydrogen) atoms. The fraction of sp³-hybridized carbons (Fsp3) is 0.214. The van der Waals surface area contributed by atoms with Crippen LogP contribution in [0.25, 0.3) is 0 Å². The van der Waals surface area contributed by atoms with Crippen LogP contribution in [0.2, 0.25) is 0 Å². The fourth-order valence-electron chi connectivity index (χ4n) is 1.77. The van der Waals surface area contributed by atoms with Crippen LogP contribution >= 0.6 is 0 Å². The highest BCUT2D eigenvalue weighted by Gasteiger charge is 2.08. The third-order valence-electron chi connectivity index (χ3n) is 2.68. The zero-order valence-electron chi connectivity index (χ0n) is 12.7. The van der Waals surface area contributed by atoms with E-state index in [0.717, 1.165) is 11.4 Å². The number of rotatable bonds is 5. The van der Waals surface area contributed by atoms with Gasteiger partial charge < -0.3 is 21.8 Å². The molecule has 0 unspecified atom stereocenters. The maximum absolute atomic E-state index is 11.0. The first-order valence-electron chi connectivity index (χ1n) is 6.65. The van der Waals surface area contributed by atoms with E-state index in [1.807, 2.05) is 26.2 Å². The lowest BCUT2D eigenvalue weighted by Crippen LogP contribution is -2.21. The van der Waals surface area contributed by atoms with Gasteiger partial charge in [0.15, 0.2) is 11.6 Å². The maximum Gasteiger partial charge on any atom is 0.221 e. The molecule has 8 heteroatoms. The van der Waals surface area contributed by atoms with Gasteiger partial charge >= 0.3 is 0 Å². The lowest BCUT2D eigenvalue weighted by atomic mass is 10.2. The molecule has 8 nitrogen and oxygen atoms in total. The number of carbonyl (C=O) groups excluding carboxylic acids is 1. The Morgan fingerprint density at radius 2 is 1.68 bits per heavy atom. The summed E-state index contributed by atoms with van der Waals surface area (Å²) in [5, 5.41) is 7.57. The predicted molar refractivity (Wildman–Crippen MR) is 87.8 cm³/mol. The Kier molecular flexibility index (Phi) is 4.74. The summed E-state index contributed by atoms with van der Waals surface area (Å²) in [5.41, 5.74) is 11.0. The number of aromatic nitrogens is 2. The minimum absolute atomic E-state index is 0.111. The van der Waals surface area contributed by atoms with Gasteiger partial charge in [0.2, 0.25) is 5.91 Å². The summed E-state index contributed by atoms with van der Waals surface area (Å²) in [6.45, 7) is 1.47. The monoisotopic (exact) mass is 301 g/mol. The third-order valence-corrected chi connectivity index (χ3v) is 2.68. The second kappa shape index (κ2) is 6.72. The van der Waals surface area contributed by atoms with Crippen LogP contribution in [0.1, 0.15) is 6.92 Å². The molecule has 0 atom stereocenters. The van der Waals surface area contributed by atoms with E-state index >= 15 is 0 Å². The highest BCUT2D eigenvalue weighted by atomic mass is 16.1. The SMILES string of the molecule is CC(=O)Nc1ccc(Nc2ncnc(NN(C)C)c2N)cc1. The van der Waals surface area contributed by atoms with E-state index in [9.17, 15) is 4.79 Å². The van der Waals surface area contributed by atoms with Gasteiger partial charge in [-0.3, -0.25) is 4.79 Å². The van der Waals surface area contributed by atoms with E-state index < -0.39 is 0 Å². The summed E-state index contributed by atoms with van der Waals surface area (Å²) in [4.78, 5) is 19.2. The molecular weight excluding hydrogens is 282 g/mol. The van der Waals surface area contributed by atoms with Crippen molar-refractivity contribution in [3.05, 3.63) is 30.6 Å². The highest BCUT2D eigenvalue weighted by Crippen LogP contribution is 2.26. The van der Waals surface area contributed by atoms with Gasteiger partial charge in [0.1, 0.15) is 12.0 Å². The molecule has 2 aromatic rings. The topological polar surface area (TPSA) is 108 Å². The molecule has 0 saturated heterocycles. The van der Waals surface area contributed by atoms with Crippen LogP contribution in [0.15, 0.2) is 30.6 Å². The molecule has 0 fully saturated rings. The molecule has 2 rings (SSSR count). The molecule has 5 N–H and O–H groups in total. The minimum Gasteiger partial charge on any atom is -0.393 e. The molecule has 116 valence electrons. The van der Waals surface area contributed by atoms with Crippen molar-refractivity contribution in [3.8, 4) is 0 Å². The van der Waals surface area contributed by atoms with E-state index in [1.54, 1.807) is 17.1 Å². The average Bonchev–Trinajstić information content (AvgIpc) is 2.44. The number of nitrogens with one attached hydrogen (secondary N) is 3. The number of hydrazine groups is 1. The summed E-state index contributed by atoms with van der Waals surface area (Å²) in [6.07, 6.45) is 1.43. The van der Waals surface area contributed by atoms with Crippen LogP contribution in [0, 0.1) is 0 Å². The number of hydrogen-bond donors (Lipinski definition) is 4. The molecule has 1 heterocycles. The number of anilines is 5. The van der Waals surface area contributed by atoms with E-state index in [2.05, 4.69) is 26.0 Å². The summed E-state index contributed by atoms with van der Waals surface area (Å²) in [5.74, 6) is 0.921. The standard InChI is InChI=1S/C14H19N7O/c1-9(22)18-10-4-6-11(7-5-10)19-13-12(15)14(17-8-16-13)20-21(2)3/h4-8H,15H2,1-3H3,(H,18,22)(H2,16,17,19,20). The van der Waals surface area contributed by atoms with Crippen molar-refractivity contribution in [1.82, 2.24) is 15.0 Å². The van der Waals surface area contributed by atoms with Crippen molar-refractivity contribution < 1.29 is 4.79 Å². The lowest BCUT2D eigenvalue weighted by Gasteiger charge is -2.16. The molecular formula is C14H19N7O. The third kappa shape index (κ3) is 4.06. The molecule has 1 aromatic heterocycles. The second-order valence-corrected chi connectivity index (χ2v) is 4.87. The zero-order valence-corrected chi connectivity index (χ0v) is 12.7. The van der Waals surface area contributed by atoms with Crippen molar-refractivity contribution >= 4 is 34.6 Å². The first-order valence-corrected chi connectivity index (χ1v) is 6.65. The van der Waals surface area contributed by atoms with Gasteiger partial charge in [0, 0.05) is 32.4 Å². The number of amides is 1. The Morgan fingerprint density at radius 1 is 1.09 bits per heavy atom. The Labute approximate surface area is 128 Å². The molecule has 0 aliphatic rings. The molecule has 0 aliphatic heterocycles. The van der Waals surface area contributed by atoms with E-state index in [4.69, 9.17) is 5.73 Å². The van der Waals surface area contributed by atoms with Crippen molar-refractivity contribution in [1.29, 1.82) is 0 Å². The van der Waals surface area contributed by atoms with Gasteiger partial charge in [-0.1, -0.05) is 0 Å². The average molecular weight is 301 g/mol. The van der Waals surface area contributed by atoms with E-state index in [0.29, 0.717) is 17.3 Å². The van der Waals surface area contributed by atoms with Crippen molar-refractivity contribution in [2.45, 2.75) is 6.92 Å². The lowest BCUT2D eigenvalue weighted by molar-refractivity contribution is -0.114. The fourth-order valence-corrected chi connectivity index (χ4v) is 1.77. The van der Waals surface area contributed by atoms with Gasteiger partial charge in [-0.05, 0) is 24.3 Å². The van der Waals surface area contributed by atoms with Crippen molar-refractivity contribution in [3.63, 3.8) is 0 Å². The molecule has 0 bridgehead atoms. The van der Waals surface area contributed by atoms with E-state index in [1.165, 1.54) is 13.3 Å². The molecule has 0 saturated carbocycles. The van der Waals surface area contributed by atoms with Crippen LogP contribution in [0.5, 0.6) is 0 Å². The summed E-state index contributed by atoms with van der Waals surface area (Å²) in [6, 6.07) is 7.23. The Morgan fingerprint density at radius 3 is 2.27 bits per heavy atom. The number of carbonyl (C=O) groups is 1. The molecule has 0 aliphatic carbocycles.